The zero-order valence-corrected chi connectivity index (χ0v) is 19.6. The third-order valence-corrected chi connectivity index (χ3v) is 11.6. The molecular weight excluding hydrogens is 494 g/mol. The summed E-state index contributed by atoms with van der Waals surface area (Å²) in [6.45, 7) is 0. The Kier molecular flexibility index (Phi) is 11.2. The van der Waals surface area contributed by atoms with E-state index in [0.717, 1.165) is 0 Å². The minimum Gasteiger partial charge on any atom is -0.322 e. The average Bonchev–Trinajstić information content (AvgIpc) is 3.38. The van der Waals surface area contributed by atoms with Crippen molar-refractivity contribution >= 4 is 29.7 Å². The summed E-state index contributed by atoms with van der Waals surface area (Å²) in [4.78, 5) is 0. The third kappa shape index (κ3) is 5.99. The van der Waals surface area contributed by atoms with Crippen LogP contribution in [0.5, 0.6) is 0 Å². The molecule has 4 rings (SSSR count). The molecule has 0 N–H and O–H groups in total. The predicted octanol–water partition coefficient (Wildman–Crippen LogP) is 7.16. The number of rotatable bonds is 3. The van der Waals surface area contributed by atoms with Crippen LogP contribution >= 0.6 is 29.7 Å². The second kappa shape index (κ2) is 12.2. The molecule has 4 aliphatic carbocycles. The van der Waals surface area contributed by atoms with E-state index >= 15 is 0 Å². The molecule has 0 aromatic rings. The van der Waals surface area contributed by atoms with Crippen molar-refractivity contribution in [2.24, 2.45) is 0 Å². The maximum Gasteiger partial charge on any atom is 2.00 e. The third-order valence-electron chi connectivity index (χ3n) is 5.91. The van der Waals surface area contributed by atoms with Crippen molar-refractivity contribution in [3.05, 3.63) is 61.0 Å². The average molecular weight is 524 g/mol. The van der Waals surface area contributed by atoms with Crippen molar-refractivity contribution in [2.45, 2.75) is 75.5 Å². The van der Waals surface area contributed by atoms with Crippen LogP contribution in [0.2, 0.25) is 0 Å². The van der Waals surface area contributed by atoms with E-state index in [1.165, 1.54) is 73.8 Å². The molecule has 0 unspecified atom stereocenters. The first-order chi connectivity index (χ1) is 12.2. The molecule has 4 saturated carbocycles. The maximum atomic E-state index is 14.2. The molecule has 0 aromatic carbocycles. The number of hydrogen-bond donors (Lipinski definition) is 0. The van der Waals surface area contributed by atoms with E-state index in [4.69, 9.17) is 0 Å². The second-order valence-corrected chi connectivity index (χ2v) is 12.0. The van der Waals surface area contributed by atoms with E-state index in [0.29, 0.717) is 11.3 Å². The van der Waals surface area contributed by atoms with Crippen LogP contribution in [-0.4, -0.2) is 11.3 Å². The predicted molar refractivity (Wildman–Crippen MR) is 116 cm³/mol. The largest absolute Gasteiger partial charge is 2.00 e. The molecule has 0 saturated heterocycles. The van der Waals surface area contributed by atoms with E-state index in [1.807, 2.05) is 32.1 Å². The van der Waals surface area contributed by atoms with Gasteiger partial charge in [-0.15, -0.1) is 0 Å². The Bertz CT molecular complexity index is 398. The van der Waals surface area contributed by atoms with Crippen molar-refractivity contribution < 1.29 is 21.6 Å². The van der Waals surface area contributed by atoms with Gasteiger partial charge in [0.05, 0.1) is 9.58 Å². The van der Waals surface area contributed by atoms with Crippen LogP contribution in [0, 0.1) is 61.0 Å². The van der Waals surface area contributed by atoms with E-state index in [9.17, 15) is 4.57 Å². The van der Waals surface area contributed by atoms with Crippen LogP contribution in [0.1, 0.15) is 64.2 Å². The van der Waals surface area contributed by atoms with Crippen molar-refractivity contribution in [3.63, 3.8) is 0 Å². The molecular formula is C22H30FeIOP+2. The van der Waals surface area contributed by atoms with Crippen molar-refractivity contribution in [1.82, 2.24) is 0 Å². The van der Waals surface area contributed by atoms with Crippen molar-refractivity contribution in [3.8, 4) is 0 Å². The number of halogens is 1. The molecule has 142 valence electrons. The van der Waals surface area contributed by atoms with Crippen LogP contribution in [0.15, 0.2) is 0 Å². The Morgan fingerprint density at radius 3 is 1.46 bits per heavy atom. The Morgan fingerprint density at radius 2 is 1.12 bits per heavy atom. The first kappa shape index (κ1) is 23.8. The fraction of sp³-hybridized carbons (Fsp3) is 0.545. The van der Waals surface area contributed by atoms with E-state index in [-0.39, 0.29) is 17.1 Å². The zero-order valence-electron chi connectivity index (χ0n) is 15.4. The summed E-state index contributed by atoms with van der Waals surface area (Å²) in [6.07, 6.45) is 29.1. The van der Waals surface area contributed by atoms with Gasteiger partial charge in [0.1, 0.15) is 7.14 Å². The van der Waals surface area contributed by atoms with Crippen LogP contribution in [0.4, 0.5) is 0 Å². The Morgan fingerprint density at radius 1 is 0.692 bits per heavy atom. The van der Waals surface area contributed by atoms with Crippen LogP contribution in [0.25, 0.3) is 0 Å². The maximum absolute atomic E-state index is 14.2. The monoisotopic (exact) mass is 524 g/mol. The zero-order chi connectivity index (χ0) is 17.5. The molecule has 0 spiro atoms. The Labute approximate surface area is 187 Å². The molecule has 0 bridgehead atoms. The fourth-order valence-electron chi connectivity index (χ4n) is 4.61. The van der Waals surface area contributed by atoms with E-state index < -0.39 is 7.14 Å². The van der Waals surface area contributed by atoms with Crippen molar-refractivity contribution in [2.75, 3.05) is 0 Å². The molecule has 0 heterocycles. The van der Waals surface area contributed by atoms with Crippen LogP contribution in [0.3, 0.4) is 0 Å². The van der Waals surface area contributed by atoms with Gasteiger partial charge in [-0.3, -0.25) is 0 Å². The molecule has 4 heteroatoms. The Balaban J connectivity index is 0.000000351. The van der Waals surface area contributed by atoms with Gasteiger partial charge in [0.2, 0.25) is 0 Å². The molecule has 10 radical (unpaired) electrons. The van der Waals surface area contributed by atoms with Gasteiger partial charge in [0.15, 0.2) is 0 Å². The van der Waals surface area contributed by atoms with Gasteiger partial charge in [-0.2, -0.15) is 0 Å². The van der Waals surface area contributed by atoms with Crippen molar-refractivity contribution in [1.29, 1.82) is 0 Å². The summed E-state index contributed by atoms with van der Waals surface area (Å²) in [6, 6.07) is 0. The summed E-state index contributed by atoms with van der Waals surface area (Å²) < 4.78 is 15.5. The smallest absolute Gasteiger partial charge is 0.322 e. The minimum absolute atomic E-state index is 0. The van der Waals surface area contributed by atoms with Gasteiger partial charge in [0, 0.05) is 11.3 Å². The van der Waals surface area contributed by atoms with E-state index in [2.05, 4.69) is 41.9 Å². The van der Waals surface area contributed by atoms with Gasteiger partial charge in [0.25, 0.3) is 0 Å². The fourth-order valence-corrected chi connectivity index (χ4v) is 10.5. The van der Waals surface area contributed by atoms with E-state index in [1.54, 1.807) is 0 Å². The second-order valence-electron chi connectivity index (χ2n) is 7.51. The molecule has 4 fully saturated rings. The SMILES string of the molecule is O=P([C]1[CH][CH][CH][C]1I)(C1CCCCC1)C1CCCCC1.[CH]1[CH][CH][CH][CH]1.[Fe+2]. The molecule has 0 amide bonds. The summed E-state index contributed by atoms with van der Waals surface area (Å²) in [7, 11) is -2.22. The molecule has 1 nitrogen and oxygen atoms in total. The first-order valence-corrected chi connectivity index (χ1v) is 12.8. The van der Waals surface area contributed by atoms with Gasteiger partial charge in [-0.05, 0) is 77.0 Å². The first-order valence-electron chi connectivity index (χ1n) is 9.91. The minimum atomic E-state index is -2.22. The van der Waals surface area contributed by atoms with Gasteiger partial charge in [-0.25, -0.2) is 0 Å². The molecule has 0 aliphatic heterocycles. The summed E-state index contributed by atoms with van der Waals surface area (Å²) >= 11 is 2.40. The van der Waals surface area contributed by atoms with Crippen LogP contribution < -0.4 is 0 Å². The normalized spacial score (nSPS) is 27.0. The summed E-state index contributed by atoms with van der Waals surface area (Å²) in [5.41, 5.74) is 2.20. The quantitative estimate of drug-likeness (QED) is 0.218. The molecule has 26 heavy (non-hydrogen) atoms. The van der Waals surface area contributed by atoms with Gasteiger partial charge in [-0.1, -0.05) is 61.1 Å². The van der Waals surface area contributed by atoms with Gasteiger partial charge < -0.3 is 4.57 Å². The molecule has 0 aromatic heterocycles. The topological polar surface area (TPSA) is 17.1 Å². The summed E-state index contributed by atoms with van der Waals surface area (Å²) in [5, 5.41) is 0. The number of hydrogen-bond acceptors (Lipinski definition) is 1. The van der Waals surface area contributed by atoms with Crippen LogP contribution in [-0.2, 0) is 21.6 Å². The standard InChI is InChI=1S/C17H25IOP.C5H5.Fe/c18-16-12-7-13-17(16)20(19,14-8-3-1-4-9-14)15-10-5-2-6-11-15;1-2-4-5-3-1;/h7,12-15H,1-6,8-11H2;1-5H;/q;;+2. The molecule has 0 atom stereocenters. The van der Waals surface area contributed by atoms with Gasteiger partial charge >= 0.3 is 17.1 Å². The summed E-state index contributed by atoms with van der Waals surface area (Å²) in [5.74, 6) is 0. The Hall–Kier alpha value is 1.48. The molecule has 4 aliphatic rings.